The van der Waals surface area contributed by atoms with Crippen molar-refractivity contribution in [1.82, 2.24) is 0 Å². The first-order chi connectivity index (χ1) is 8.29. The van der Waals surface area contributed by atoms with E-state index in [1.165, 1.54) is 0 Å². The summed E-state index contributed by atoms with van der Waals surface area (Å²) in [7, 11) is 0. The van der Waals surface area contributed by atoms with E-state index in [2.05, 4.69) is 0 Å². The highest BCUT2D eigenvalue weighted by molar-refractivity contribution is 6.67. The first-order valence-corrected chi connectivity index (χ1v) is 5.77. The van der Waals surface area contributed by atoms with Gasteiger partial charge in [-0.3, -0.25) is 0 Å². The van der Waals surface area contributed by atoms with E-state index in [0.29, 0.717) is 12.1 Å². The van der Waals surface area contributed by atoms with E-state index in [9.17, 15) is 26.3 Å². The molecule has 0 aromatic heterocycles. The SMILES string of the molecule is FC(F)(F)c1cc(CC(Cl)(Cl)Cl)cc(C(F)(F)F)c1. The Labute approximate surface area is 119 Å². The molecule has 0 fully saturated rings. The van der Waals surface area contributed by atoms with Gasteiger partial charge in [0.05, 0.1) is 11.1 Å². The molecule has 0 heterocycles. The van der Waals surface area contributed by atoms with Crippen LogP contribution in [0.1, 0.15) is 16.7 Å². The lowest BCUT2D eigenvalue weighted by Crippen LogP contribution is -2.14. The molecule has 1 rings (SSSR count). The summed E-state index contributed by atoms with van der Waals surface area (Å²) in [6, 6.07) is 1.07. The fraction of sp³-hybridized carbons (Fsp3) is 0.400. The minimum Gasteiger partial charge on any atom is -0.166 e. The number of halogens is 9. The Morgan fingerprint density at radius 1 is 0.737 bits per heavy atom. The molecule has 0 nitrogen and oxygen atoms in total. The Morgan fingerprint density at radius 3 is 1.37 bits per heavy atom. The Morgan fingerprint density at radius 2 is 1.11 bits per heavy atom. The van der Waals surface area contributed by atoms with Crippen molar-refractivity contribution in [1.29, 1.82) is 0 Å². The molecule has 0 bridgehead atoms. The molecule has 0 aliphatic rings. The molecule has 0 amide bonds. The van der Waals surface area contributed by atoms with Crippen LogP contribution in [0.2, 0.25) is 0 Å². The molecule has 0 unspecified atom stereocenters. The van der Waals surface area contributed by atoms with Crippen LogP contribution in [-0.2, 0) is 18.8 Å². The lowest BCUT2D eigenvalue weighted by atomic mass is 10.0. The van der Waals surface area contributed by atoms with E-state index in [1.807, 2.05) is 0 Å². The highest BCUT2D eigenvalue weighted by Gasteiger charge is 2.37. The Hall–Kier alpha value is -0.330. The lowest BCUT2D eigenvalue weighted by molar-refractivity contribution is -0.143. The topological polar surface area (TPSA) is 0 Å². The highest BCUT2D eigenvalue weighted by atomic mass is 35.6. The van der Waals surface area contributed by atoms with Crippen molar-refractivity contribution in [2.24, 2.45) is 0 Å². The molecule has 0 saturated heterocycles. The van der Waals surface area contributed by atoms with Crippen LogP contribution in [0.25, 0.3) is 0 Å². The van der Waals surface area contributed by atoms with E-state index < -0.39 is 33.7 Å². The molecule has 0 aliphatic heterocycles. The number of hydrogen-bond donors (Lipinski definition) is 0. The predicted molar refractivity (Wildman–Crippen MR) is 60.4 cm³/mol. The van der Waals surface area contributed by atoms with E-state index in [-0.39, 0.29) is 11.6 Å². The standard InChI is InChI=1S/C10H5Cl3F6/c11-8(12,13)4-5-1-6(9(14,15)16)3-7(2-5)10(17,18)19/h1-3H,4H2. The van der Waals surface area contributed by atoms with Crippen molar-refractivity contribution in [3.63, 3.8) is 0 Å². The smallest absolute Gasteiger partial charge is 0.166 e. The van der Waals surface area contributed by atoms with Gasteiger partial charge >= 0.3 is 12.4 Å². The van der Waals surface area contributed by atoms with Crippen LogP contribution in [0, 0.1) is 0 Å². The van der Waals surface area contributed by atoms with Crippen molar-refractivity contribution in [3.8, 4) is 0 Å². The summed E-state index contributed by atoms with van der Waals surface area (Å²) in [5.74, 6) is 0. The third-order valence-electron chi connectivity index (χ3n) is 2.05. The van der Waals surface area contributed by atoms with Crippen LogP contribution in [0.15, 0.2) is 18.2 Å². The van der Waals surface area contributed by atoms with E-state index >= 15 is 0 Å². The average molecular weight is 345 g/mol. The Bertz CT molecular complexity index is 426. The second-order valence-electron chi connectivity index (χ2n) is 3.71. The molecule has 1 aromatic carbocycles. The van der Waals surface area contributed by atoms with Crippen LogP contribution in [0.3, 0.4) is 0 Å². The molecular formula is C10H5Cl3F6. The molecule has 0 saturated carbocycles. The zero-order valence-corrected chi connectivity index (χ0v) is 11.1. The predicted octanol–water partition coefficient (Wildman–Crippen LogP) is 5.64. The van der Waals surface area contributed by atoms with Gasteiger partial charge in [0.25, 0.3) is 0 Å². The quantitative estimate of drug-likeness (QED) is 0.456. The maximum atomic E-state index is 12.5. The molecular weight excluding hydrogens is 340 g/mol. The Kier molecular flexibility index (Phi) is 4.59. The molecule has 19 heavy (non-hydrogen) atoms. The number of alkyl halides is 9. The highest BCUT2D eigenvalue weighted by Crippen LogP contribution is 2.38. The first-order valence-electron chi connectivity index (χ1n) is 4.64. The zero-order chi connectivity index (χ0) is 15.1. The van der Waals surface area contributed by atoms with Crippen molar-refractivity contribution >= 4 is 34.8 Å². The van der Waals surface area contributed by atoms with Gasteiger partial charge in [0.1, 0.15) is 0 Å². The maximum absolute atomic E-state index is 12.5. The molecule has 0 radical (unpaired) electrons. The summed E-state index contributed by atoms with van der Waals surface area (Å²) in [6.07, 6.45) is -10.4. The van der Waals surface area contributed by atoms with Gasteiger partial charge in [-0.05, 0) is 23.8 Å². The van der Waals surface area contributed by atoms with Crippen molar-refractivity contribution in [2.75, 3.05) is 0 Å². The summed E-state index contributed by atoms with van der Waals surface area (Å²) in [6.45, 7) is 0. The van der Waals surface area contributed by atoms with Gasteiger partial charge in [0.2, 0.25) is 0 Å². The molecule has 0 N–H and O–H groups in total. The third kappa shape index (κ3) is 5.28. The van der Waals surface area contributed by atoms with Crippen LogP contribution in [-0.4, -0.2) is 3.79 Å². The van der Waals surface area contributed by atoms with Gasteiger partial charge in [-0.15, -0.1) is 0 Å². The largest absolute Gasteiger partial charge is 0.416 e. The average Bonchev–Trinajstić information content (AvgIpc) is 2.11. The zero-order valence-electron chi connectivity index (χ0n) is 8.84. The summed E-state index contributed by atoms with van der Waals surface area (Å²) in [5, 5.41) is 0. The maximum Gasteiger partial charge on any atom is 0.416 e. The monoisotopic (exact) mass is 344 g/mol. The van der Waals surface area contributed by atoms with Gasteiger partial charge in [-0.25, -0.2) is 0 Å². The van der Waals surface area contributed by atoms with E-state index in [4.69, 9.17) is 34.8 Å². The third-order valence-corrected chi connectivity index (χ3v) is 2.45. The molecule has 0 aliphatic carbocycles. The van der Waals surface area contributed by atoms with Crippen molar-refractivity contribution in [2.45, 2.75) is 22.6 Å². The molecule has 1 aromatic rings. The van der Waals surface area contributed by atoms with Gasteiger partial charge in [0, 0.05) is 6.42 Å². The van der Waals surface area contributed by atoms with Crippen LogP contribution in [0.4, 0.5) is 26.3 Å². The van der Waals surface area contributed by atoms with Crippen LogP contribution in [0.5, 0.6) is 0 Å². The first kappa shape index (κ1) is 16.7. The second kappa shape index (κ2) is 5.22. The number of rotatable bonds is 1. The summed E-state index contributed by atoms with van der Waals surface area (Å²) >= 11 is 16.1. The van der Waals surface area contributed by atoms with Crippen LogP contribution >= 0.6 is 34.8 Å². The summed E-state index contributed by atoms with van der Waals surface area (Å²) in [4.78, 5) is 0. The normalized spacial score (nSPS) is 13.7. The van der Waals surface area contributed by atoms with E-state index in [1.54, 1.807) is 0 Å². The van der Waals surface area contributed by atoms with Gasteiger partial charge in [-0.2, -0.15) is 26.3 Å². The fourth-order valence-electron chi connectivity index (χ4n) is 1.35. The van der Waals surface area contributed by atoms with Crippen LogP contribution < -0.4 is 0 Å². The number of benzene rings is 1. The number of hydrogen-bond acceptors (Lipinski definition) is 0. The van der Waals surface area contributed by atoms with Gasteiger partial charge in [-0.1, -0.05) is 34.8 Å². The Balaban J connectivity index is 3.33. The minimum atomic E-state index is -4.91. The van der Waals surface area contributed by atoms with Gasteiger partial charge < -0.3 is 0 Å². The molecule has 0 atom stereocenters. The van der Waals surface area contributed by atoms with Crippen molar-refractivity contribution in [3.05, 3.63) is 34.9 Å². The molecule has 0 spiro atoms. The second-order valence-corrected chi connectivity index (χ2v) is 6.22. The summed E-state index contributed by atoms with van der Waals surface area (Å²) < 4.78 is 73.0. The minimum absolute atomic E-state index is 0.0157. The lowest BCUT2D eigenvalue weighted by Gasteiger charge is -2.16. The van der Waals surface area contributed by atoms with Crippen molar-refractivity contribution < 1.29 is 26.3 Å². The molecule has 9 heteroatoms. The fourth-order valence-corrected chi connectivity index (χ4v) is 1.82. The summed E-state index contributed by atoms with van der Waals surface area (Å²) in [5.41, 5.74) is -3.24. The molecule has 108 valence electrons. The van der Waals surface area contributed by atoms with Gasteiger partial charge in [0.15, 0.2) is 3.79 Å². The van der Waals surface area contributed by atoms with E-state index in [0.717, 1.165) is 0 Å².